The first-order valence-corrected chi connectivity index (χ1v) is 6.02. The summed E-state index contributed by atoms with van der Waals surface area (Å²) in [5.41, 5.74) is 0.392. The third-order valence-corrected chi connectivity index (χ3v) is 3.19. The molecule has 5 nitrogen and oxygen atoms in total. The Labute approximate surface area is 105 Å². The van der Waals surface area contributed by atoms with Gasteiger partial charge in [-0.25, -0.2) is 0 Å². The normalized spacial score (nSPS) is 16.4. The van der Waals surface area contributed by atoms with E-state index in [0.29, 0.717) is 31.1 Å². The van der Waals surface area contributed by atoms with E-state index in [9.17, 15) is 14.9 Å². The second-order valence-electron chi connectivity index (χ2n) is 4.49. The van der Waals surface area contributed by atoms with Crippen LogP contribution in [0.1, 0.15) is 29.6 Å². The standard InChI is InChI=1S/C13H15NO4/c15-13(8-10-4-6-18-7-5-10)11-2-1-3-12(9-11)14(16)17/h1-3,9-10H,4-8H2. The molecule has 1 aromatic carbocycles. The second kappa shape index (κ2) is 5.73. The van der Waals surface area contributed by atoms with Crippen molar-refractivity contribution >= 4 is 11.5 Å². The molecule has 0 saturated carbocycles. The van der Waals surface area contributed by atoms with E-state index < -0.39 is 4.92 Å². The molecule has 0 N–H and O–H groups in total. The number of Topliss-reactive ketones (excluding diaryl/α,β-unsaturated/α-hetero) is 1. The third kappa shape index (κ3) is 3.13. The van der Waals surface area contributed by atoms with Crippen molar-refractivity contribution in [3.8, 4) is 0 Å². The fraction of sp³-hybridized carbons (Fsp3) is 0.462. The minimum atomic E-state index is -0.481. The fourth-order valence-corrected chi connectivity index (χ4v) is 2.12. The second-order valence-corrected chi connectivity index (χ2v) is 4.49. The Morgan fingerprint density at radius 2 is 2.11 bits per heavy atom. The van der Waals surface area contributed by atoms with Crippen LogP contribution in [-0.4, -0.2) is 23.9 Å². The molecule has 1 aromatic rings. The number of hydrogen-bond acceptors (Lipinski definition) is 4. The molecule has 0 aliphatic carbocycles. The number of nitrogens with zero attached hydrogens (tertiary/aromatic N) is 1. The van der Waals surface area contributed by atoms with Crippen molar-refractivity contribution in [2.45, 2.75) is 19.3 Å². The van der Waals surface area contributed by atoms with Crippen LogP contribution < -0.4 is 0 Å². The Balaban J connectivity index is 2.03. The molecule has 1 heterocycles. The maximum absolute atomic E-state index is 12.0. The van der Waals surface area contributed by atoms with Gasteiger partial charge in [0.1, 0.15) is 0 Å². The summed E-state index contributed by atoms with van der Waals surface area (Å²) in [6.45, 7) is 1.40. The summed E-state index contributed by atoms with van der Waals surface area (Å²) in [7, 11) is 0. The van der Waals surface area contributed by atoms with Gasteiger partial charge in [0.15, 0.2) is 5.78 Å². The molecule has 1 fully saturated rings. The summed E-state index contributed by atoms with van der Waals surface area (Å²) in [5.74, 6) is 0.316. The monoisotopic (exact) mass is 249 g/mol. The van der Waals surface area contributed by atoms with Gasteiger partial charge in [-0.1, -0.05) is 12.1 Å². The number of rotatable bonds is 4. The molecule has 18 heavy (non-hydrogen) atoms. The van der Waals surface area contributed by atoms with E-state index in [1.807, 2.05) is 0 Å². The Hall–Kier alpha value is -1.75. The molecule has 0 amide bonds. The molecule has 1 saturated heterocycles. The van der Waals surface area contributed by atoms with Crippen LogP contribution in [0.15, 0.2) is 24.3 Å². The highest BCUT2D eigenvalue weighted by Crippen LogP contribution is 2.22. The Bertz CT molecular complexity index is 452. The average Bonchev–Trinajstić information content (AvgIpc) is 2.40. The molecule has 5 heteroatoms. The van der Waals surface area contributed by atoms with Gasteiger partial charge >= 0.3 is 0 Å². The first-order valence-electron chi connectivity index (χ1n) is 6.02. The summed E-state index contributed by atoms with van der Waals surface area (Å²) in [4.78, 5) is 22.2. The number of hydrogen-bond donors (Lipinski definition) is 0. The predicted octanol–water partition coefficient (Wildman–Crippen LogP) is 2.59. The molecular weight excluding hydrogens is 234 g/mol. The molecule has 96 valence electrons. The van der Waals surface area contributed by atoms with Crippen molar-refractivity contribution in [2.24, 2.45) is 5.92 Å². The third-order valence-electron chi connectivity index (χ3n) is 3.19. The maximum Gasteiger partial charge on any atom is 0.270 e. The van der Waals surface area contributed by atoms with Crippen molar-refractivity contribution in [3.63, 3.8) is 0 Å². The van der Waals surface area contributed by atoms with Crippen molar-refractivity contribution in [1.82, 2.24) is 0 Å². The van der Waals surface area contributed by atoms with E-state index >= 15 is 0 Å². The van der Waals surface area contributed by atoms with Crippen LogP contribution in [0.25, 0.3) is 0 Å². The molecule has 2 rings (SSSR count). The van der Waals surface area contributed by atoms with Gasteiger partial charge < -0.3 is 4.74 Å². The molecule has 0 radical (unpaired) electrons. The lowest BCUT2D eigenvalue weighted by Crippen LogP contribution is -2.18. The maximum atomic E-state index is 12.0. The first kappa shape index (κ1) is 12.7. The zero-order valence-corrected chi connectivity index (χ0v) is 10.0. The lowest BCUT2D eigenvalue weighted by atomic mass is 9.92. The SMILES string of the molecule is O=C(CC1CCOCC1)c1cccc([N+](=O)[O-])c1. The number of nitro groups is 1. The van der Waals surface area contributed by atoms with E-state index in [-0.39, 0.29) is 11.5 Å². The quantitative estimate of drug-likeness (QED) is 0.467. The van der Waals surface area contributed by atoms with Gasteiger partial charge in [0, 0.05) is 37.3 Å². The number of non-ortho nitro benzene ring substituents is 1. The van der Waals surface area contributed by atoms with Crippen molar-refractivity contribution < 1.29 is 14.5 Å². The summed E-state index contributed by atoms with van der Waals surface area (Å²) >= 11 is 0. The van der Waals surface area contributed by atoms with Gasteiger partial charge in [0.05, 0.1) is 4.92 Å². The molecular formula is C13H15NO4. The van der Waals surface area contributed by atoms with Gasteiger partial charge in [0.2, 0.25) is 0 Å². The molecule has 1 aliphatic heterocycles. The van der Waals surface area contributed by atoms with Crippen LogP contribution in [0.3, 0.4) is 0 Å². The number of nitro benzene ring substituents is 1. The van der Waals surface area contributed by atoms with Crippen LogP contribution in [0.5, 0.6) is 0 Å². The smallest absolute Gasteiger partial charge is 0.270 e. The van der Waals surface area contributed by atoms with Gasteiger partial charge in [-0.05, 0) is 18.8 Å². The Kier molecular flexibility index (Phi) is 4.04. The highest BCUT2D eigenvalue weighted by atomic mass is 16.6. The minimum Gasteiger partial charge on any atom is -0.381 e. The van der Waals surface area contributed by atoms with Crippen molar-refractivity contribution in [2.75, 3.05) is 13.2 Å². The van der Waals surface area contributed by atoms with Crippen LogP contribution in [0.2, 0.25) is 0 Å². The molecule has 0 bridgehead atoms. The molecule has 0 unspecified atom stereocenters. The lowest BCUT2D eigenvalue weighted by molar-refractivity contribution is -0.384. The van der Waals surface area contributed by atoms with E-state index in [2.05, 4.69) is 0 Å². The number of ketones is 1. The zero-order chi connectivity index (χ0) is 13.0. The minimum absolute atomic E-state index is 0.0226. The van der Waals surface area contributed by atoms with Crippen LogP contribution >= 0.6 is 0 Å². The Morgan fingerprint density at radius 3 is 2.78 bits per heavy atom. The average molecular weight is 249 g/mol. The Morgan fingerprint density at radius 1 is 1.39 bits per heavy atom. The lowest BCUT2D eigenvalue weighted by Gasteiger charge is -2.21. The van der Waals surface area contributed by atoms with E-state index in [4.69, 9.17) is 4.74 Å². The molecule has 0 spiro atoms. The summed E-state index contributed by atoms with van der Waals surface area (Å²) in [5, 5.41) is 10.6. The fourth-order valence-electron chi connectivity index (χ4n) is 2.12. The van der Waals surface area contributed by atoms with E-state index in [1.165, 1.54) is 12.1 Å². The highest BCUT2D eigenvalue weighted by Gasteiger charge is 2.19. The highest BCUT2D eigenvalue weighted by molar-refractivity contribution is 5.96. The first-order chi connectivity index (χ1) is 8.66. The van der Waals surface area contributed by atoms with Crippen molar-refractivity contribution in [1.29, 1.82) is 0 Å². The number of carbonyl (C=O) groups is 1. The van der Waals surface area contributed by atoms with E-state index in [0.717, 1.165) is 12.8 Å². The number of carbonyl (C=O) groups excluding carboxylic acids is 1. The van der Waals surface area contributed by atoms with Gasteiger partial charge in [-0.2, -0.15) is 0 Å². The topological polar surface area (TPSA) is 69.4 Å². The number of ether oxygens (including phenoxy) is 1. The largest absolute Gasteiger partial charge is 0.381 e. The van der Waals surface area contributed by atoms with Gasteiger partial charge in [-0.15, -0.1) is 0 Å². The predicted molar refractivity (Wildman–Crippen MR) is 65.6 cm³/mol. The molecule has 0 aromatic heterocycles. The zero-order valence-electron chi connectivity index (χ0n) is 10.0. The van der Waals surface area contributed by atoms with Gasteiger partial charge in [0.25, 0.3) is 5.69 Å². The molecule has 0 atom stereocenters. The van der Waals surface area contributed by atoms with Crippen molar-refractivity contribution in [3.05, 3.63) is 39.9 Å². The summed E-state index contributed by atoms with van der Waals surface area (Å²) < 4.78 is 5.24. The van der Waals surface area contributed by atoms with E-state index in [1.54, 1.807) is 12.1 Å². The molecule has 1 aliphatic rings. The van der Waals surface area contributed by atoms with Crippen LogP contribution in [0, 0.1) is 16.0 Å². The number of benzene rings is 1. The summed E-state index contributed by atoms with van der Waals surface area (Å²) in [6.07, 6.45) is 2.23. The van der Waals surface area contributed by atoms with Crippen LogP contribution in [0.4, 0.5) is 5.69 Å². The van der Waals surface area contributed by atoms with Crippen LogP contribution in [-0.2, 0) is 4.74 Å². The summed E-state index contributed by atoms with van der Waals surface area (Å²) in [6, 6.07) is 5.93. The van der Waals surface area contributed by atoms with Gasteiger partial charge in [-0.3, -0.25) is 14.9 Å².